The monoisotopic (exact) mass is 355 g/mol. The van der Waals surface area contributed by atoms with Crippen molar-refractivity contribution in [1.29, 1.82) is 0 Å². The quantitative estimate of drug-likeness (QED) is 0.655. The number of para-hydroxylation sites is 1. The van der Waals surface area contributed by atoms with E-state index in [4.69, 9.17) is 5.73 Å². The lowest BCUT2D eigenvalue weighted by Crippen LogP contribution is -2.13. The Bertz CT molecular complexity index is 1020. The van der Waals surface area contributed by atoms with Gasteiger partial charge in [0.15, 0.2) is 0 Å². The number of anilines is 1. The maximum Gasteiger partial charge on any atom is 0.261 e. The molecule has 0 aliphatic heterocycles. The smallest absolute Gasteiger partial charge is 0.261 e. The Hall–Kier alpha value is -3.06. The molecule has 1 aromatic heterocycles. The Morgan fingerprint density at radius 1 is 1.04 bits per heavy atom. The first-order valence-corrected chi connectivity index (χ1v) is 9.03. The number of aryl methyl sites for hydroxylation is 1. The molecule has 25 heavy (non-hydrogen) atoms. The van der Waals surface area contributed by atoms with Crippen LogP contribution in [-0.2, 0) is 10.0 Å². The van der Waals surface area contributed by atoms with Crippen LogP contribution in [0.15, 0.2) is 65.6 Å². The zero-order valence-electron chi connectivity index (χ0n) is 13.5. The summed E-state index contributed by atoms with van der Waals surface area (Å²) in [4.78, 5) is 14.7. The van der Waals surface area contributed by atoms with Gasteiger partial charge in [0.05, 0.1) is 16.1 Å². The molecule has 7 heteroatoms. The molecule has 0 radical (unpaired) electrons. The number of hydrogen-bond donors (Lipinski definition) is 3. The van der Waals surface area contributed by atoms with Crippen molar-refractivity contribution in [2.45, 2.75) is 11.8 Å². The van der Waals surface area contributed by atoms with E-state index in [1.807, 2.05) is 0 Å². The molecule has 0 aliphatic rings. The third-order valence-electron chi connectivity index (χ3n) is 3.80. The van der Waals surface area contributed by atoms with Crippen molar-refractivity contribution in [3.63, 3.8) is 0 Å². The van der Waals surface area contributed by atoms with Crippen LogP contribution in [0.1, 0.15) is 16.1 Å². The molecule has 4 N–H and O–H groups in total. The van der Waals surface area contributed by atoms with Crippen LogP contribution in [-0.4, -0.2) is 19.3 Å². The van der Waals surface area contributed by atoms with Gasteiger partial charge in [-0.2, -0.15) is 0 Å². The summed E-state index contributed by atoms with van der Waals surface area (Å²) in [5.41, 5.74) is 7.99. The number of primary amides is 1. The predicted molar refractivity (Wildman–Crippen MR) is 96.7 cm³/mol. The van der Waals surface area contributed by atoms with Gasteiger partial charge in [-0.25, -0.2) is 8.42 Å². The minimum absolute atomic E-state index is 0.172. The lowest BCUT2D eigenvalue weighted by atomic mass is 10.1. The second kappa shape index (κ2) is 6.45. The number of sulfonamides is 1. The average molecular weight is 355 g/mol. The molecule has 0 saturated heterocycles. The van der Waals surface area contributed by atoms with E-state index in [-0.39, 0.29) is 4.90 Å². The molecule has 6 nitrogen and oxygen atoms in total. The van der Waals surface area contributed by atoms with Gasteiger partial charge in [0.25, 0.3) is 15.9 Å². The summed E-state index contributed by atoms with van der Waals surface area (Å²) in [6, 6.07) is 16.7. The van der Waals surface area contributed by atoms with E-state index in [1.165, 1.54) is 12.1 Å². The summed E-state index contributed by atoms with van der Waals surface area (Å²) in [7, 11) is -3.72. The molecule has 3 aromatic rings. The molecular formula is C18H17N3O3S. The number of rotatable bonds is 5. The molecule has 128 valence electrons. The van der Waals surface area contributed by atoms with Crippen molar-refractivity contribution < 1.29 is 13.2 Å². The Labute approximate surface area is 145 Å². The van der Waals surface area contributed by atoms with E-state index in [2.05, 4.69) is 9.71 Å². The summed E-state index contributed by atoms with van der Waals surface area (Å²) >= 11 is 0. The maximum atomic E-state index is 12.6. The lowest BCUT2D eigenvalue weighted by Gasteiger charge is -2.12. The fourth-order valence-corrected chi connectivity index (χ4v) is 3.67. The van der Waals surface area contributed by atoms with E-state index >= 15 is 0 Å². The number of hydrogen-bond acceptors (Lipinski definition) is 3. The standard InChI is InChI=1S/C18H17N3O3S/c1-12-15(18(19)22)11-17(20-12)14-9-5-6-10-16(14)21-25(23,24)13-7-3-2-4-8-13/h2-11,20-21H,1H3,(H2,19,22). The van der Waals surface area contributed by atoms with Gasteiger partial charge in [0.2, 0.25) is 0 Å². The molecule has 0 fully saturated rings. The summed E-state index contributed by atoms with van der Waals surface area (Å²) in [6.45, 7) is 1.74. The number of H-pyrrole nitrogens is 1. The highest BCUT2D eigenvalue weighted by atomic mass is 32.2. The van der Waals surface area contributed by atoms with Crippen LogP contribution < -0.4 is 10.5 Å². The van der Waals surface area contributed by atoms with E-state index in [9.17, 15) is 13.2 Å². The van der Waals surface area contributed by atoms with Gasteiger partial charge < -0.3 is 10.7 Å². The van der Waals surface area contributed by atoms with E-state index in [0.29, 0.717) is 28.2 Å². The summed E-state index contributed by atoms with van der Waals surface area (Å²) in [5, 5.41) is 0. The molecule has 0 aliphatic carbocycles. The first-order valence-electron chi connectivity index (χ1n) is 7.55. The van der Waals surface area contributed by atoms with Crippen molar-refractivity contribution in [3.05, 3.63) is 71.9 Å². The molecule has 2 aromatic carbocycles. The molecule has 0 bridgehead atoms. The first-order chi connectivity index (χ1) is 11.9. The Balaban J connectivity index is 2.03. The highest BCUT2D eigenvalue weighted by Crippen LogP contribution is 2.30. The van der Waals surface area contributed by atoms with Gasteiger partial charge in [0, 0.05) is 17.0 Å². The average Bonchev–Trinajstić information content (AvgIpc) is 2.98. The summed E-state index contributed by atoms with van der Waals surface area (Å²) in [6.07, 6.45) is 0. The van der Waals surface area contributed by atoms with Crippen molar-refractivity contribution in [3.8, 4) is 11.3 Å². The van der Waals surface area contributed by atoms with Crippen LogP contribution in [0, 0.1) is 6.92 Å². The summed E-state index contributed by atoms with van der Waals surface area (Å²) < 4.78 is 27.7. The highest BCUT2D eigenvalue weighted by Gasteiger charge is 2.18. The normalized spacial score (nSPS) is 11.2. The van der Waals surface area contributed by atoms with Gasteiger partial charge in [-0.15, -0.1) is 0 Å². The molecule has 3 rings (SSSR count). The molecule has 0 unspecified atom stereocenters. The van der Waals surface area contributed by atoms with E-state index < -0.39 is 15.9 Å². The van der Waals surface area contributed by atoms with Crippen LogP contribution in [0.2, 0.25) is 0 Å². The zero-order valence-corrected chi connectivity index (χ0v) is 14.3. The number of carbonyl (C=O) groups is 1. The van der Waals surface area contributed by atoms with E-state index in [1.54, 1.807) is 55.5 Å². The van der Waals surface area contributed by atoms with Crippen molar-refractivity contribution in [1.82, 2.24) is 4.98 Å². The minimum Gasteiger partial charge on any atom is -0.366 e. The number of nitrogens with two attached hydrogens (primary N) is 1. The SMILES string of the molecule is Cc1[nH]c(-c2ccccc2NS(=O)(=O)c2ccccc2)cc1C(N)=O. The third kappa shape index (κ3) is 3.41. The minimum atomic E-state index is -3.72. The Morgan fingerprint density at radius 2 is 1.68 bits per heavy atom. The second-order valence-corrected chi connectivity index (χ2v) is 7.23. The van der Waals surface area contributed by atoms with Gasteiger partial charge in [-0.1, -0.05) is 36.4 Å². The highest BCUT2D eigenvalue weighted by molar-refractivity contribution is 7.92. The zero-order chi connectivity index (χ0) is 18.0. The Morgan fingerprint density at radius 3 is 2.32 bits per heavy atom. The number of benzene rings is 2. The number of aromatic amines is 1. The van der Waals surface area contributed by atoms with Crippen LogP contribution in [0.5, 0.6) is 0 Å². The lowest BCUT2D eigenvalue weighted by molar-refractivity contribution is 0.1000. The van der Waals surface area contributed by atoms with Crippen molar-refractivity contribution in [2.75, 3.05) is 4.72 Å². The largest absolute Gasteiger partial charge is 0.366 e. The van der Waals surface area contributed by atoms with Gasteiger partial charge in [-0.05, 0) is 31.2 Å². The molecule has 0 atom stereocenters. The van der Waals surface area contributed by atoms with Crippen LogP contribution in [0.3, 0.4) is 0 Å². The maximum absolute atomic E-state index is 12.6. The number of carbonyl (C=O) groups excluding carboxylic acids is 1. The van der Waals surface area contributed by atoms with Crippen LogP contribution in [0.4, 0.5) is 5.69 Å². The number of amides is 1. The van der Waals surface area contributed by atoms with E-state index in [0.717, 1.165) is 0 Å². The van der Waals surface area contributed by atoms with Crippen molar-refractivity contribution >= 4 is 21.6 Å². The fraction of sp³-hybridized carbons (Fsp3) is 0.0556. The topological polar surface area (TPSA) is 105 Å². The molecule has 1 amide bonds. The summed E-state index contributed by atoms with van der Waals surface area (Å²) in [5.74, 6) is -0.539. The van der Waals surface area contributed by atoms with Crippen LogP contribution >= 0.6 is 0 Å². The van der Waals surface area contributed by atoms with Crippen LogP contribution in [0.25, 0.3) is 11.3 Å². The molecule has 0 spiro atoms. The molecule has 0 saturated carbocycles. The van der Waals surface area contributed by atoms with Gasteiger partial charge >= 0.3 is 0 Å². The third-order valence-corrected chi connectivity index (χ3v) is 5.18. The Kier molecular flexibility index (Phi) is 4.33. The molecular weight excluding hydrogens is 338 g/mol. The fourth-order valence-electron chi connectivity index (χ4n) is 2.57. The van der Waals surface area contributed by atoms with Gasteiger partial charge in [0.1, 0.15) is 0 Å². The second-order valence-electron chi connectivity index (χ2n) is 5.55. The predicted octanol–water partition coefficient (Wildman–Crippen LogP) is 2.89. The number of aromatic nitrogens is 1. The van der Waals surface area contributed by atoms with Gasteiger partial charge in [-0.3, -0.25) is 9.52 Å². The number of nitrogens with one attached hydrogen (secondary N) is 2. The van der Waals surface area contributed by atoms with Crippen molar-refractivity contribution in [2.24, 2.45) is 5.73 Å². The molecule has 1 heterocycles. The first kappa shape index (κ1) is 16.8.